The van der Waals surface area contributed by atoms with E-state index in [-0.39, 0.29) is 29.6 Å². The van der Waals surface area contributed by atoms with Gasteiger partial charge in [0.15, 0.2) is 0 Å². The van der Waals surface area contributed by atoms with E-state index in [1.165, 1.54) is 12.3 Å². The van der Waals surface area contributed by atoms with E-state index in [9.17, 15) is 10.1 Å². The quantitative estimate of drug-likeness (QED) is 0.580. The van der Waals surface area contributed by atoms with Crippen molar-refractivity contribution in [1.82, 2.24) is 4.98 Å². The van der Waals surface area contributed by atoms with Crippen molar-refractivity contribution in [2.45, 2.75) is 6.92 Å². The Hall–Kier alpha value is -2.20. The summed E-state index contributed by atoms with van der Waals surface area (Å²) in [7, 11) is 0. The summed E-state index contributed by atoms with van der Waals surface area (Å²) in [6.07, 6.45) is 1.26. The van der Waals surface area contributed by atoms with Crippen LogP contribution in [0.2, 0.25) is 0 Å². The van der Waals surface area contributed by atoms with Gasteiger partial charge >= 0.3 is 5.69 Å². The molecule has 0 saturated heterocycles. The molecule has 0 aliphatic heterocycles. The minimum atomic E-state index is -0.597. The lowest BCUT2D eigenvalue weighted by Crippen LogP contribution is -2.16. The van der Waals surface area contributed by atoms with Gasteiger partial charge in [-0.25, -0.2) is 4.98 Å². The van der Waals surface area contributed by atoms with Crippen LogP contribution in [-0.4, -0.2) is 28.2 Å². The number of aliphatic hydroxyl groups excluding tert-OH is 1. The maximum Gasteiger partial charge on any atom is 0.312 e. The van der Waals surface area contributed by atoms with E-state index in [0.717, 1.165) is 0 Å². The second-order valence-electron chi connectivity index (χ2n) is 3.63. The smallest absolute Gasteiger partial charge is 0.312 e. The summed E-state index contributed by atoms with van der Waals surface area (Å²) in [6.45, 7) is 2.15. The summed E-state index contributed by atoms with van der Waals surface area (Å²) in [4.78, 5) is 14.0. The topological polar surface area (TPSA) is 112 Å². The third kappa shape index (κ3) is 3.39. The van der Waals surface area contributed by atoms with E-state index >= 15 is 0 Å². The number of hydrogen-bond donors (Lipinski definition) is 2. The Kier molecular flexibility index (Phi) is 4.37. The second-order valence-corrected chi connectivity index (χ2v) is 3.63. The minimum absolute atomic E-state index is 0.0168. The van der Waals surface area contributed by atoms with Crippen molar-refractivity contribution in [2.75, 3.05) is 18.5 Å². The van der Waals surface area contributed by atoms with Crippen LogP contribution >= 0.6 is 0 Å². The number of nitrogens with zero attached hydrogens (tertiary/aromatic N) is 3. The van der Waals surface area contributed by atoms with Crippen molar-refractivity contribution in [2.24, 2.45) is 5.92 Å². The molecule has 1 rings (SSSR count). The van der Waals surface area contributed by atoms with Gasteiger partial charge in [0, 0.05) is 25.4 Å². The number of pyridine rings is 1. The Morgan fingerprint density at radius 3 is 3.00 bits per heavy atom. The molecule has 1 heterocycles. The predicted molar refractivity (Wildman–Crippen MR) is 60.3 cm³/mol. The average Bonchev–Trinajstić information content (AvgIpc) is 2.35. The molecule has 0 saturated carbocycles. The fraction of sp³-hybridized carbons (Fsp3) is 0.400. The van der Waals surface area contributed by atoms with Gasteiger partial charge in [-0.1, -0.05) is 6.92 Å². The molecule has 0 amide bonds. The Labute approximate surface area is 97.9 Å². The first-order chi connectivity index (χ1) is 8.08. The molecule has 0 aromatic carbocycles. The summed E-state index contributed by atoms with van der Waals surface area (Å²) in [6, 6.07) is 2.96. The first kappa shape index (κ1) is 12.9. The first-order valence-corrected chi connectivity index (χ1v) is 4.97. The maximum atomic E-state index is 10.8. The fourth-order valence-electron chi connectivity index (χ4n) is 1.13. The van der Waals surface area contributed by atoms with Crippen molar-refractivity contribution < 1.29 is 10.0 Å². The molecule has 1 aromatic rings. The number of rotatable bonds is 5. The Balaban J connectivity index is 2.92. The summed E-state index contributed by atoms with van der Waals surface area (Å²) >= 11 is 0. The van der Waals surface area contributed by atoms with Crippen molar-refractivity contribution in [3.05, 3.63) is 27.9 Å². The number of nitrogens with one attached hydrogen (secondary N) is 1. The van der Waals surface area contributed by atoms with Crippen LogP contribution in [0.4, 0.5) is 11.5 Å². The van der Waals surface area contributed by atoms with E-state index in [2.05, 4.69) is 10.3 Å². The van der Waals surface area contributed by atoms with Crippen LogP contribution in [0.1, 0.15) is 12.5 Å². The van der Waals surface area contributed by atoms with Crippen LogP contribution in [0.5, 0.6) is 0 Å². The molecule has 1 atom stereocenters. The lowest BCUT2D eigenvalue weighted by Gasteiger charge is -2.10. The number of anilines is 1. The van der Waals surface area contributed by atoms with Crippen LogP contribution in [0, 0.1) is 27.4 Å². The van der Waals surface area contributed by atoms with Crippen molar-refractivity contribution >= 4 is 11.5 Å². The van der Waals surface area contributed by atoms with Crippen LogP contribution in [0.3, 0.4) is 0 Å². The van der Waals surface area contributed by atoms with Gasteiger partial charge in [0.25, 0.3) is 0 Å². The lowest BCUT2D eigenvalue weighted by molar-refractivity contribution is -0.384. The van der Waals surface area contributed by atoms with Gasteiger partial charge in [-0.15, -0.1) is 0 Å². The molecule has 0 fully saturated rings. The standard InChI is InChI=1S/C10H12N4O3/c1-7(6-15)4-12-10-9(14(16)17)2-8(3-11)5-13-10/h2,5,7,15H,4,6H2,1H3,(H,12,13). The Morgan fingerprint density at radius 2 is 2.47 bits per heavy atom. The number of hydrogen-bond acceptors (Lipinski definition) is 6. The van der Waals surface area contributed by atoms with Crippen molar-refractivity contribution in [3.63, 3.8) is 0 Å². The molecule has 0 spiro atoms. The summed E-state index contributed by atoms with van der Waals surface area (Å²) in [5.74, 6) is 0.0707. The van der Waals surface area contributed by atoms with Crippen LogP contribution in [-0.2, 0) is 0 Å². The summed E-state index contributed by atoms with van der Waals surface area (Å²) in [5.41, 5.74) is -0.105. The van der Waals surface area contributed by atoms with Gasteiger partial charge in [-0.05, 0) is 5.92 Å². The molecule has 0 aliphatic carbocycles. The van der Waals surface area contributed by atoms with Gasteiger partial charge < -0.3 is 10.4 Å². The third-order valence-corrected chi connectivity index (χ3v) is 2.12. The first-order valence-electron chi connectivity index (χ1n) is 4.97. The number of aromatic nitrogens is 1. The molecule has 1 aromatic heterocycles. The molecule has 2 N–H and O–H groups in total. The SMILES string of the molecule is CC(CO)CNc1ncc(C#N)cc1[N+](=O)[O-]. The third-order valence-electron chi connectivity index (χ3n) is 2.12. The fourth-order valence-corrected chi connectivity index (χ4v) is 1.13. The maximum absolute atomic E-state index is 10.8. The van der Waals surface area contributed by atoms with Crippen LogP contribution in [0.25, 0.3) is 0 Å². The molecular formula is C10H12N4O3. The second kappa shape index (κ2) is 5.77. The largest absolute Gasteiger partial charge is 0.396 e. The van der Waals surface area contributed by atoms with Gasteiger partial charge in [-0.3, -0.25) is 10.1 Å². The minimum Gasteiger partial charge on any atom is -0.396 e. The molecular weight excluding hydrogens is 224 g/mol. The zero-order valence-corrected chi connectivity index (χ0v) is 9.25. The number of nitro groups is 1. The molecule has 17 heavy (non-hydrogen) atoms. The normalized spacial score (nSPS) is 11.6. The lowest BCUT2D eigenvalue weighted by atomic mass is 10.2. The molecule has 0 bridgehead atoms. The summed E-state index contributed by atoms with van der Waals surface area (Å²) < 4.78 is 0. The van der Waals surface area contributed by atoms with Gasteiger partial charge in [0.05, 0.1) is 10.5 Å². The van der Waals surface area contributed by atoms with Crippen molar-refractivity contribution in [3.8, 4) is 6.07 Å². The monoisotopic (exact) mass is 236 g/mol. The average molecular weight is 236 g/mol. The molecule has 0 aliphatic rings. The van der Waals surface area contributed by atoms with Crippen molar-refractivity contribution in [1.29, 1.82) is 5.26 Å². The van der Waals surface area contributed by atoms with Crippen LogP contribution < -0.4 is 5.32 Å². The van der Waals surface area contributed by atoms with Gasteiger partial charge in [0.1, 0.15) is 6.07 Å². The molecule has 7 nitrogen and oxygen atoms in total. The van der Waals surface area contributed by atoms with E-state index in [0.29, 0.717) is 6.54 Å². The number of nitriles is 1. The van der Waals surface area contributed by atoms with Gasteiger partial charge in [-0.2, -0.15) is 5.26 Å². The highest BCUT2D eigenvalue weighted by molar-refractivity contribution is 5.58. The molecule has 7 heteroatoms. The van der Waals surface area contributed by atoms with E-state index in [4.69, 9.17) is 10.4 Å². The Bertz CT molecular complexity index is 455. The van der Waals surface area contributed by atoms with E-state index in [1.54, 1.807) is 13.0 Å². The highest BCUT2D eigenvalue weighted by atomic mass is 16.6. The highest BCUT2D eigenvalue weighted by Gasteiger charge is 2.16. The number of aliphatic hydroxyl groups is 1. The molecule has 90 valence electrons. The van der Waals surface area contributed by atoms with E-state index in [1.807, 2.05) is 0 Å². The van der Waals surface area contributed by atoms with E-state index < -0.39 is 4.92 Å². The zero-order valence-electron chi connectivity index (χ0n) is 9.25. The highest BCUT2D eigenvalue weighted by Crippen LogP contribution is 2.22. The molecule has 0 radical (unpaired) electrons. The molecule has 1 unspecified atom stereocenters. The van der Waals surface area contributed by atoms with Gasteiger partial charge in [0.2, 0.25) is 5.82 Å². The zero-order chi connectivity index (χ0) is 12.8. The summed E-state index contributed by atoms with van der Waals surface area (Å²) in [5, 5.41) is 31.0. The predicted octanol–water partition coefficient (Wildman–Crippen LogP) is 0.902. The Morgan fingerprint density at radius 1 is 1.76 bits per heavy atom. The van der Waals surface area contributed by atoms with Crippen LogP contribution in [0.15, 0.2) is 12.3 Å².